The molecule has 1 fully saturated rings. The second-order valence-corrected chi connectivity index (χ2v) is 7.51. The van der Waals surface area contributed by atoms with Gasteiger partial charge in [-0.1, -0.05) is 45.2 Å². The zero-order valence-corrected chi connectivity index (χ0v) is 15.9. The summed E-state index contributed by atoms with van der Waals surface area (Å²) < 4.78 is 5.82. The predicted molar refractivity (Wildman–Crippen MR) is 103 cm³/mol. The summed E-state index contributed by atoms with van der Waals surface area (Å²) in [5.41, 5.74) is 1.63. The first-order valence-electron chi connectivity index (χ1n) is 9.68. The van der Waals surface area contributed by atoms with Crippen molar-refractivity contribution in [3.63, 3.8) is 0 Å². The molecule has 6 nitrogen and oxygen atoms in total. The summed E-state index contributed by atoms with van der Waals surface area (Å²) >= 11 is 0. The van der Waals surface area contributed by atoms with E-state index in [9.17, 15) is 10.1 Å². The van der Waals surface area contributed by atoms with Crippen LogP contribution in [-0.2, 0) is 4.79 Å². The highest BCUT2D eigenvalue weighted by molar-refractivity contribution is 5.87. The van der Waals surface area contributed by atoms with Crippen LogP contribution in [0.25, 0.3) is 11.0 Å². The third-order valence-electron chi connectivity index (χ3n) is 4.73. The molecule has 1 atom stereocenters. The quantitative estimate of drug-likeness (QED) is 0.842. The van der Waals surface area contributed by atoms with E-state index in [0.29, 0.717) is 29.3 Å². The number of carbonyl (C=O) groups is 1. The average molecular weight is 366 g/mol. The molecule has 6 heteroatoms. The number of benzene rings is 1. The average Bonchev–Trinajstić information content (AvgIpc) is 2.67. The molecule has 27 heavy (non-hydrogen) atoms. The van der Waals surface area contributed by atoms with Crippen LogP contribution in [0.5, 0.6) is 5.88 Å². The molecular formula is C21H26N4O2. The Hall–Kier alpha value is -2.68. The Balaban J connectivity index is 1.91. The lowest BCUT2D eigenvalue weighted by Crippen LogP contribution is -2.39. The van der Waals surface area contributed by atoms with Gasteiger partial charge >= 0.3 is 0 Å². The Kier molecular flexibility index (Phi) is 6.23. The molecule has 0 unspecified atom stereocenters. The third kappa shape index (κ3) is 4.73. The largest absolute Gasteiger partial charge is 0.476 e. The van der Waals surface area contributed by atoms with E-state index in [1.807, 2.05) is 38.1 Å². The van der Waals surface area contributed by atoms with Crippen LogP contribution in [0.4, 0.5) is 0 Å². The Bertz CT molecular complexity index is 838. The minimum Gasteiger partial charge on any atom is -0.476 e. The van der Waals surface area contributed by atoms with Gasteiger partial charge in [0.15, 0.2) is 5.92 Å². The van der Waals surface area contributed by atoms with Crippen LogP contribution in [0, 0.1) is 17.2 Å². The van der Waals surface area contributed by atoms with Gasteiger partial charge < -0.3 is 10.1 Å². The number of ether oxygens (including phenoxy) is 1. The lowest BCUT2D eigenvalue weighted by atomic mass is 9.94. The van der Waals surface area contributed by atoms with Gasteiger partial charge in [-0.2, -0.15) is 5.26 Å². The molecule has 142 valence electrons. The summed E-state index contributed by atoms with van der Waals surface area (Å²) in [4.78, 5) is 21.9. The highest BCUT2D eigenvalue weighted by Crippen LogP contribution is 2.27. The van der Waals surface area contributed by atoms with Crippen molar-refractivity contribution >= 4 is 16.9 Å². The molecule has 1 aromatic heterocycles. The molecule has 0 aliphatic heterocycles. The second-order valence-electron chi connectivity index (χ2n) is 7.51. The SMILES string of the molecule is CC(C)COc1nc2ccccc2nc1[C@H](C#N)C(=O)NC1CCCCC1. The number of nitriles is 1. The van der Waals surface area contributed by atoms with Gasteiger partial charge in [0.05, 0.1) is 23.7 Å². The van der Waals surface area contributed by atoms with Crippen LogP contribution in [0.2, 0.25) is 0 Å². The highest BCUT2D eigenvalue weighted by atomic mass is 16.5. The van der Waals surface area contributed by atoms with E-state index in [4.69, 9.17) is 4.74 Å². The fourth-order valence-corrected chi connectivity index (χ4v) is 3.31. The standard InChI is InChI=1S/C21H26N4O2/c1-14(2)13-27-21-19(24-17-10-6-7-11-18(17)25-21)16(12-22)20(26)23-15-8-4-3-5-9-15/h6-7,10-11,14-16H,3-5,8-9,13H2,1-2H3,(H,23,26)/t16-/m0/s1. The zero-order chi connectivity index (χ0) is 19.2. The van der Waals surface area contributed by atoms with Crippen molar-refractivity contribution in [1.29, 1.82) is 5.26 Å². The maximum atomic E-state index is 12.8. The number of hydrogen-bond donors (Lipinski definition) is 1. The molecule has 0 radical (unpaired) electrons. The smallest absolute Gasteiger partial charge is 0.243 e. The van der Waals surface area contributed by atoms with E-state index >= 15 is 0 Å². The molecule has 2 aromatic rings. The first-order valence-corrected chi connectivity index (χ1v) is 9.68. The number of para-hydroxylation sites is 2. The first kappa shape index (κ1) is 19.1. The molecule has 1 aliphatic carbocycles. The summed E-state index contributed by atoms with van der Waals surface area (Å²) in [6.07, 6.45) is 5.35. The second kappa shape index (κ2) is 8.81. The van der Waals surface area contributed by atoms with Gasteiger partial charge in [-0.3, -0.25) is 4.79 Å². The van der Waals surface area contributed by atoms with E-state index in [0.717, 1.165) is 25.7 Å². The molecule has 1 saturated carbocycles. The summed E-state index contributed by atoms with van der Waals surface area (Å²) in [6, 6.07) is 9.65. The minimum atomic E-state index is -1.04. The van der Waals surface area contributed by atoms with Gasteiger partial charge in [-0.05, 0) is 30.9 Å². The van der Waals surface area contributed by atoms with Crippen LogP contribution < -0.4 is 10.1 Å². The number of carbonyl (C=O) groups excluding carboxylic acids is 1. The van der Waals surface area contributed by atoms with Crippen molar-refractivity contribution in [3.05, 3.63) is 30.0 Å². The highest BCUT2D eigenvalue weighted by Gasteiger charge is 2.29. The van der Waals surface area contributed by atoms with Gasteiger partial charge in [0.25, 0.3) is 0 Å². The van der Waals surface area contributed by atoms with E-state index in [2.05, 4.69) is 21.4 Å². The Morgan fingerprint density at radius 3 is 2.52 bits per heavy atom. The van der Waals surface area contributed by atoms with Crippen LogP contribution in [0.1, 0.15) is 57.6 Å². The Morgan fingerprint density at radius 2 is 1.89 bits per heavy atom. The van der Waals surface area contributed by atoms with Gasteiger partial charge in [0, 0.05) is 6.04 Å². The molecule has 0 bridgehead atoms. The summed E-state index contributed by atoms with van der Waals surface area (Å²) in [5, 5.41) is 12.7. The maximum Gasteiger partial charge on any atom is 0.243 e. The number of nitrogens with zero attached hydrogens (tertiary/aromatic N) is 3. The Labute approximate surface area is 160 Å². The number of nitrogens with one attached hydrogen (secondary N) is 1. The molecule has 1 amide bonds. The number of aromatic nitrogens is 2. The summed E-state index contributed by atoms with van der Waals surface area (Å²) in [6.45, 7) is 4.51. The molecule has 0 saturated heterocycles. The Morgan fingerprint density at radius 1 is 1.22 bits per heavy atom. The zero-order valence-electron chi connectivity index (χ0n) is 15.9. The van der Waals surface area contributed by atoms with Crippen LogP contribution in [0.15, 0.2) is 24.3 Å². The van der Waals surface area contributed by atoms with Crippen molar-refractivity contribution < 1.29 is 9.53 Å². The fraction of sp³-hybridized carbons (Fsp3) is 0.524. The van der Waals surface area contributed by atoms with Gasteiger partial charge in [-0.15, -0.1) is 0 Å². The summed E-state index contributed by atoms with van der Waals surface area (Å²) in [5.74, 6) is -0.787. The molecule has 0 spiro atoms. The topological polar surface area (TPSA) is 87.9 Å². The molecule has 1 aliphatic rings. The molecule has 1 aromatic carbocycles. The van der Waals surface area contributed by atoms with Crippen LogP contribution in [-0.4, -0.2) is 28.5 Å². The number of rotatable bonds is 6. The lowest BCUT2D eigenvalue weighted by Gasteiger charge is -2.24. The van der Waals surface area contributed by atoms with Crippen LogP contribution >= 0.6 is 0 Å². The first-order chi connectivity index (χ1) is 13.1. The minimum absolute atomic E-state index is 0.135. The monoisotopic (exact) mass is 366 g/mol. The van der Waals surface area contributed by atoms with E-state index in [1.165, 1.54) is 6.42 Å². The normalized spacial score (nSPS) is 16.1. The lowest BCUT2D eigenvalue weighted by molar-refractivity contribution is -0.122. The van der Waals surface area contributed by atoms with E-state index < -0.39 is 5.92 Å². The van der Waals surface area contributed by atoms with Gasteiger partial charge in [0.1, 0.15) is 5.69 Å². The molecular weight excluding hydrogens is 340 g/mol. The van der Waals surface area contributed by atoms with E-state index in [-0.39, 0.29) is 17.8 Å². The molecule has 1 N–H and O–H groups in total. The van der Waals surface area contributed by atoms with E-state index in [1.54, 1.807) is 0 Å². The number of fused-ring (bicyclic) bond motifs is 1. The van der Waals surface area contributed by atoms with Crippen molar-refractivity contribution in [2.45, 2.75) is 57.9 Å². The summed E-state index contributed by atoms with van der Waals surface area (Å²) in [7, 11) is 0. The van der Waals surface area contributed by atoms with Crippen molar-refractivity contribution in [3.8, 4) is 11.9 Å². The molecule has 1 heterocycles. The molecule has 3 rings (SSSR count). The van der Waals surface area contributed by atoms with Gasteiger partial charge in [-0.25, -0.2) is 9.97 Å². The van der Waals surface area contributed by atoms with Gasteiger partial charge in [0.2, 0.25) is 11.8 Å². The maximum absolute atomic E-state index is 12.8. The van der Waals surface area contributed by atoms with Crippen molar-refractivity contribution in [2.24, 2.45) is 5.92 Å². The number of amides is 1. The van der Waals surface area contributed by atoms with Crippen molar-refractivity contribution in [1.82, 2.24) is 15.3 Å². The number of hydrogen-bond acceptors (Lipinski definition) is 5. The third-order valence-corrected chi connectivity index (χ3v) is 4.73. The van der Waals surface area contributed by atoms with Crippen molar-refractivity contribution in [2.75, 3.05) is 6.61 Å². The van der Waals surface area contributed by atoms with Crippen LogP contribution in [0.3, 0.4) is 0 Å². The predicted octanol–water partition coefficient (Wildman–Crippen LogP) is 3.72. The fourth-order valence-electron chi connectivity index (χ4n) is 3.31.